The van der Waals surface area contributed by atoms with Crippen molar-refractivity contribution in [3.8, 4) is 0 Å². The van der Waals surface area contributed by atoms with Gasteiger partial charge in [0.1, 0.15) is 5.69 Å². The fourth-order valence-electron chi connectivity index (χ4n) is 4.08. The quantitative estimate of drug-likeness (QED) is 0.804. The smallest absolute Gasteiger partial charge is 0.354 e. The molecule has 1 aromatic heterocycles. The number of hydrogen-bond acceptors (Lipinski definition) is 3. The van der Waals surface area contributed by atoms with Gasteiger partial charge in [-0.1, -0.05) is 19.9 Å². The maximum Gasteiger partial charge on any atom is 0.354 e. The third-order valence-electron chi connectivity index (χ3n) is 5.16. The van der Waals surface area contributed by atoms with Gasteiger partial charge in [-0.15, -0.1) is 0 Å². The first kappa shape index (κ1) is 14.5. The Kier molecular flexibility index (Phi) is 2.99. The molecular formula is C16H17N3O3. The van der Waals surface area contributed by atoms with E-state index in [1.54, 1.807) is 13.1 Å². The van der Waals surface area contributed by atoms with Crippen LogP contribution in [0.25, 0.3) is 4.85 Å². The first-order chi connectivity index (χ1) is 10.3. The Labute approximate surface area is 128 Å². The zero-order valence-corrected chi connectivity index (χ0v) is 12.8. The van der Waals surface area contributed by atoms with Gasteiger partial charge in [0, 0.05) is 23.9 Å². The van der Waals surface area contributed by atoms with Crippen LogP contribution in [0.5, 0.6) is 0 Å². The summed E-state index contributed by atoms with van der Waals surface area (Å²) >= 11 is 0. The van der Waals surface area contributed by atoms with Crippen molar-refractivity contribution in [1.82, 2.24) is 9.78 Å². The Bertz CT molecular complexity index is 768. The standard InChI is InChI=1S/C16H17N3O3/c1-8-10-6-5-9-12(15(21)22)19(4)18-14(9)16(10,2)7-11(17-3)13(8)20/h7-8,10H,5-6H2,1-2,4H3,(H,21,22)/t8-,10-,16-/m0/s1. The van der Waals surface area contributed by atoms with Crippen LogP contribution in [0.1, 0.15) is 42.0 Å². The number of carboxylic acid groups (broad SMARTS) is 1. The Morgan fingerprint density at radius 2 is 2.27 bits per heavy atom. The number of ketones is 1. The molecule has 0 aliphatic heterocycles. The maximum absolute atomic E-state index is 12.2. The van der Waals surface area contributed by atoms with Crippen molar-refractivity contribution >= 4 is 11.8 Å². The maximum atomic E-state index is 12.2. The lowest BCUT2D eigenvalue weighted by atomic mass is 9.58. The van der Waals surface area contributed by atoms with Crippen LogP contribution in [-0.4, -0.2) is 26.6 Å². The van der Waals surface area contributed by atoms with Gasteiger partial charge < -0.3 is 9.90 Å². The molecule has 3 atom stereocenters. The van der Waals surface area contributed by atoms with E-state index in [-0.39, 0.29) is 29.0 Å². The summed E-state index contributed by atoms with van der Waals surface area (Å²) < 4.78 is 1.40. The van der Waals surface area contributed by atoms with Crippen LogP contribution in [-0.2, 0) is 23.7 Å². The van der Waals surface area contributed by atoms with Crippen LogP contribution >= 0.6 is 0 Å². The second-order valence-corrected chi connectivity index (χ2v) is 6.33. The molecule has 2 aliphatic rings. The minimum absolute atomic E-state index is 0.0505. The molecule has 0 amide bonds. The fourth-order valence-corrected chi connectivity index (χ4v) is 4.08. The van der Waals surface area contributed by atoms with E-state index in [1.165, 1.54) is 4.68 Å². The monoisotopic (exact) mass is 299 g/mol. The number of carboxylic acids is 1. The van der Waals surface area contributed by atoms with Gasteiger partial charge in [0.05, 0.1) is 12.3 Å². The zero-order valence-electron chi connectivity index (χ0n) is 12.8. The molecule has 22 heavy (non-hydrogen) atoms. The van der Waals surface area contributed by atoms with Gasteiger partial charge in [-0.2, -0.15) is 5.10 Å². The van der Waals surface area contributed by atoms with E-state index in [1.807, 2.05) is 13.8 Å². The van der Waals surface area contributed by atoms with Gasteiger partial charge in [0.15, 0.2) is 5.78 Å². The first-order valence-corrected chi connectivity index (χ1v) is 7.25. The van der Waals surface area contributed by atoms with Gasteiger partial charge in [0.25, 0.3) is 0 Å². The molecule has 114 valence electrons. The van der Waals surface area contributed by atoms with E-state index in [0.717, 1.165) is 12.0 Å². The Hall–Kier alpha value is -2.42. The number of aromatic nitrogens is 2. The molecule has 6 nitrogen and oxygen atoms in total. The Morgan fingerprint density at radius 1 is 1.59 bits per heavy atom. The van der Waals surface area contributed by atoms with Crippen molar-refractivity contribution in [3.63, 3.8) is 0 Å². The summed E-state index contributed by atoms with van der Waals surface area (Å²) in [5.74, 6) is -1.31. The van der Waals surface area contributed by atoms with E-state index in [4.69, 9.17) is 6.57 Å². The van der Waals surface area contributed by atoms with Crippen LogP contribution < -0.4 is 0 Å². The van der Waals surface area contributed by atoms with Crippen molar-refractivity contribution in [3.05, 3.63) is 40.1 Å². The van der Waals surface area contributed by atoms with E-state index in [0.29, 0.717) is 12.1 Å². The molecule has 3 rings (SSSR count). The number of carbonyl (C=O) groups excluding carboxylic acids is 1. The summed E-state index contributed by atoms with van der Waals surface area (Å²) in [5.41, 5.74) is 1.21. The lowest BCUT2D eigenvalue weighted by Crippen LogP contribution is -2.45. The van der Waals surface area contributed by atoms with Crippen molar-refractivity contribution in [2.24, 2.45) is 18.9 Å². The fraction of sp³-hybridized carbons (Fsp3) is 0.500. The van der Waals surface area contributed by atoms with Crippen LogP contribution in [0.3, 0.4) is 0 Å². The SMILES string of the molecule is [C-]#[N+]C1=C[C@]2(C)c3nn(C)c(C(=O)O)c3CC[C@H]2[C@H](C)C1=O. The van der Waals surface area contributed by atoms with Gasteiger partial charge in [-0.05, 0) is 18.8 Å². The van der Waals surface area contributed by atoms with Gasteiger partial charge in [-0.3, -0.25) is 4.68 Å². The predicted molar refractivity (Wildman–Crippen MR) is 78.2 cm³/mol. The predicted octanol–water partition coefficient (Wildman–Crippen LogP) is 1.96. The topological polar surface area (TPSA) is 76.6 Å². The molecular weight excluding hydrogens is 282 g/mol. The summed E-state index contributed by atoms with van der Waals surface area (Å²) in [6.45, 7) is 11.0. The molecule has 0 unspecified atom stereocenters. The highest BCUT2D eigenvalue weighted by Gasteiger charge is 2.50. The van der Waals surface area contributed by atoms with Gasteiger partial charge >= 0.3 is 5.97 Å². The molecule has 0 saturated carbocycles. The summed E-state index contributed by atoms with van der Waals surface area (Å²) in [5, 5.41) is 13.8. The molecule has 0 fully saturated rings. The lowest BCUT2D eigenvalue weighted by Gasteiger charge is -2.44. The molecule has 6 heteroatoms. The molecule has 1 heterocycles. The molecule has 0 bridgehead atoms. The van der Waals surface area contributed by atoms with Crippen molar-refractivity contribution in [2.75, 3.05) is 0 Å². The van der Waals surface area contributed by atoms with Gasteiger partial charge in [0.2, 0.25) is 5.70 Å². The number of Topliss-reactive ketones (excluding diaryl/α,β-unsaturated/α-hetero) is 1. The van der Waals surface area contributed by atoms with Crippen LogP contribution in [0.4, 0.5) is 0 Å². The number of carbonyl (C=O) groups is 2. The van der Waals surface area contributed by atoms with Crippen molar-refractivity contribution in [1.29, 1.82) is 0 Å². The van der Waals surface area contributed by atoms with Crippen LogP contribution in [0, 0.1) is 18.4 Å². The molecule has 0 spiro atoms. The van der Waals surface area contributed by atoms with Crippen LogP contribution in [0.15, 0.2) is 11.8 Å². The second-order valence-electron chi connectivity index (χ2n) is 6.33. The molecule has 0 aromatic carbocycles. The highest BCUT2D eigenvalue weighted by atomic mass is 16.4. The summed E-state index contributed by atoms with van der Waals surface area (Å²) in [6, 6.07) is 0. The molecule has 1 aromatic rings. The second kappa shape index (κ2) is 4.54. The molecule has 0 radical (unpaired) electrons. The number of rotatable bonds is 1. The third-order valence-corrected chi connectivity index (χ3v) is 5.16. The Balaban J connectivity index is 2.27. The third kappa shape index (κ3) is 1.68. The van der Waals surface area contributed by atoms with E-state index in [2.05, 4.69) is 9.94 Å². The normalized spacial score (nSPS) is 30.1. The largest absolute Gasteiger partial charge is 0.477 e. The number of nitrogens with zero attached hydrogens (tertiary/aromatic N) is 3. The number of aryl methyl sites for hydroxylation is 1. The van der Waals surface area contributed by atoms with E-state index < -0.39 is 11.4 Å². The molecule has 0 saturated heterocycles. The molecule has 1 N–H and O–H groups in total. The Morgan fingerprint density at radius 3 is 2.86 bits per heavy atom. The minimum atomic E-state index is -0.993. The number of hydrogen-bond donors (Lipinski definition) is 1. The summed E-state index contributed by atoms with van der Waals surface area (Å²) in [7, 11) is 1.62. The van der Waals surface area contributed by atoms with Crippen molar-refractivity contribution in [2.45, 2.75) is 32.1 Å². The van der Waals surface area contributed by atoms with Gasteiger partial charge in [-0.25, -0.2) is 9.64 Å². The summed E-state index contributed by atoms with van der Waals surface area (Å²) in [6.07, 6.45) is 3.03. The number of aromatic carboxylic acids is 1. The lowest BCUT2D eigenvalue weighted by molar-refractivity contribution is -0.121. The zero-order chi connectivity index (χ0) is 16.2. The molecule has 2 aliphatic carbocycles. The number of allylic oxidation sites excluding steroid dienone is 2. The first-order valence-electron chi connectivity index (χ1n) is 7.25. The average molecular weight is 299 g/mol. The van der Waals surface area contributed by atoms with Crippen LogP contribution in [0.2, 0.25) is 0 Å². The van der Waals surface area contributed by atoms with E-state index >= 15 is 0 Å². The minimum Gasteiger partial charge on any atom is -0.477 e. The van der Waals surface area contributed by atoms with Crippen molar-refractivity contribution < 1.29 is 14.7 Å². The number of fused-ring (bicyclic) bond motifs is 3. The highest BCUT2D eigenvalue weighted by molar-refractivity contribution is 6.00. The highest BCUT2D eigenvalue weighted by Crippen LogP contribution is 2.50. The van der Waals surface area contributed by atoms with E-state index in [9.17, 15) is 14.7 Å². The average Bonchev–Trinajstić information content (AvgIpc) is 2.80. The summed E-state index contributed by atoms with van der Waals surface area (Å²) in [4.78, 5) is 27.1.